The van der Waals surface area contributed by atoms with Crippen molar-refractivity contribution in [3.05, 3.63) is 83.7 Å². The molecule has 1 aromatic carbocycles. The molecule has 44 heavy (non-hydrogen) atoms. The lowest BCUT2D eigenvalue weighted by Crippen LogP contribution is -2.40. The van der Waals surface area contributed by atoms with Crippen molar-refractivity contribution in [3.63, 3.8) is 0 Å². The third-order valence-electron chi connectivity index (χ3n) is 7.80. The van der Waals surface area contributed by atoms with Crippen LogP contribution < -0.4 is 4.90 Å². The standard InChI is InChI=1S/C33H42N4O6S/c1-5-6-18-33(19-10-20-33)26-16-14-25(15-17-26)22-36(44(41,42)29-13-7-8-21-34-29)23-27-11-9-12-28(35-27)37(24-30(38)39)31(40)43-32(2,3)4/h7-9,11-17,21H,5-6,10,18-20,22-24H2,1-4H3,(H,38,39). The van der Waals surface area contributed by atoms with Crippen LogP contribution in [0.1, 0.15) is 83.0 Å². The summed E-state index contributed by atoms with van der Waals surface area (Å²) in [6.45, 7) is 6.50. The minimum Gasteiger partial charge on any atom is -0.480 e. The summed E-state index contributed by atoms with van der Waals surface area (Å²) in [5.74, 6) is -1.21. The number of aliphatic carboxylic acids is 1. The largest absolute Gasteiger partial charge is 0.480 e. The van der Waals surface area contributed by atoms with E-state index in [1.165, 1.54) is 53.9 Å². The molecule has 3 aromatic rings. The van der Waals surface area contributed by atoms with Gasteiger partial charge in [0.25, 0.3) is 10.0 Å². The number of unbranched alkanes of at least 4 members (excludes halogenated alkanes) is 1. The number of hydrogen-bond donors (Lipinski definition) is 1. The van der Waals surface area contributed by atoms with E-state index in [9.17, 15) is 23.1 Å². The number of carboxylic acid groups (broad SMARTS) is 1. The highest BCUT2D eigenvalue weighted by atomic mass is 32.2. The monoisotopic (exact) mass is 622 g/mol. The van der Waals surface area contributed by atoms with Crippen LogP contribution in [0.4, 0.5) is 10.6 Å². The molecule has 0 unspecified atom stereocenters. The Labute approximate surface area is 260 Å². The van der Waals surface area contributed by atoms with Crippen LogP contribution in [0.5, 0.6) is 0 Å². The number of sulfonamides is 1. The van der Waals surface area contributed by atoms with Crippen molar-refractivity contribution in [2.75, 3.05) is 11.4 Å². The molecule has 10 nitrogen and oxygen atoms in total. The van der Waals surface area contributed by atoms with Crippen molar-refractivity contribution >= 4 is 27.9 Å². The van der Waals surface area contributed by atoms with Crippen molar-refractivity contribution in [2.45, 2.75) is 95.4 Å². The summed E-state index contributed by atoms with van der Waals surface area (Å²) >= 11 is 0. The van der Waals surface area contributed by atoms with Crippen LogP contribution in [0.2, 0.25) is 0 Å². The number of anilines is 1. The smallest absolute Gasteiger partial charge is 0.416 e. The van der Waals surface area contributed by atoms with Crippen LogP contribution >= 0.6 is 0 Å². The van der Waals surface area contributed by atoms with Crippen LogP contribution in [0.25, 0.3) is 0 Å². The molecule has 1 aliphatic carbocycles. The number of carbonyl (C=O) groups is 2. The third-order valence-corrected chi connectivity index (χ3v) is 9.51. The van der Waals surface area contributed by atoms with Gasteiger partial charge in [-0.1, -0.05) is 62.6 Å². The summed E-state index contributed by atoms with van der Waals surface area (Å²) in [5.41, 5.74) is 1.80. The summed E-state index contributed by atoms with van der Waals surface area (Å²) in [4.78, 5) is 34.0. The number of rotatable bonds is 13. The molecular weight excluding hydrogens is 580 g/mol. The fraction of sp³-hybridized carbons (Fsp3) is 0.455. The van der Waals surface area contributed by atoms with Gasteiger partial charge in [0.15, 0.2) is 5.03 Å². The number of ether oxygens (including phenoxy) is 1. The summed E-state index contributed by atoms with van der Waals surface area (Å²) < 4.78 is 34.4. The number of amides is 1. The van der Waals surface area contributed by atoms with Gasteiger partial charge in [0.1, 0.15) is 18.0 Å². The van der Waals surface area contributed by atoms with E-state index >= 15 is 0 Å². The quantitative estimate of drug-likeness (QED) is 0.235. The molecule has 1 fully saturated rings. The highest BCUT2D eigenvalue weighted by molar-refractivity contribution is 7.89. The van der Waals surface area contributed by atoms with Gasteiger partial charge in [0.2, 0.25) is 0 Å². The topological polar surface area (TPSA) is 130 Å². The molecule has 0 spiro atoms. The fourth-order valence-electron chi connectivity index (χ4n) is 5.40. The molecular formula is C33H42N4O6S. The maximum Gasteiger partial charge on any atom is 0.416 e. The van der Waals surface area contributed by atoms with Crippen LogP contribution in [0, 0.1) is 0 Å². The van der Waals surface area contributed by atoms with E-state index in [2.05, 4.69) is 29.0 Å². The van der Waals surface area contributed by atoms with E-state index in [0.29, 0.717) is 5.69 Å². The second-order valence-electron chi connectivity index (χ2n) is 12.3. The molecule has 0 aliphatic heterocycles. The maximum absolute atomic E-state index is 13.8. The first-order valence-corrected chi connectivity index (χ1v) is 16.5. The zero-order valence-electron chi connectivity index (χ0n) is 25.9. The second kappa shape index (κ2) is 13.9. The predicted molar refractivity (Wildman–Crippen MR) is 168 cm³/mol. The number of pyridine rings is 2. The van der Waals surface area contributed by atoms with Gasteiger partial charge in [0.05, 0.1) is 12.2 Å². The molecule has 1 saturated carbocycles. The normalized spacial score (nSPS) is 14.6. The lowest BCUT2D eigenvalue weighted by Gasteiger charge is -2.43. The van der Waals surface area contributed by atoms with Gasteiger partial charge in [-0.05, 0) is 80.8 Å². The number of carboxylic acids is 1. The van der Waals surface area contributed by atoms with Gasteiger partial charge in [-0.2, -0.15) is 4.31 Å². The number of nitrogens with zero attached hydrogens (tertiary/aromatic N) is 4. The van der Waals surface area contributed by atoms with Gasteiger partial charge < -0.3 is 9.84 Å². The molecule has 0 bridgehead atoms. The highest BCUT2D eigenvalue weighted by Crippen LogP contribution is 2.47. The molecule has 2 heterocycles. The Hall–Kier alpha value is -3.83. The average molecular weight is 623 g/mol. The lowest BCUT2D eigenvalue weighted by molar-refractivity contribution is -0.135. The van der Waals surface area contributed by atoms with E-state index in [4.69, 9.17) is 4.74 Å². The Bertz CT molecular complexity index is 1530. The van der Waals surface area contributed by atoms with Gasteiger partial charge >= 0.3 is 12.1 Å². The number of aromatic nitrogens is 2. The van der Waals surface area contributed by atoms with Crippen LogP contribution in [0.15, 0.2) is 71.9 Å². The SMILES string of the molecule is CCCCC1(c2ccc(CN(Cc3cccc(N(CC(=O)O)C(=O)OC(C)(C)C)n3)S(=O)(=O)c3ccccn3)cc2)CCC1. The van der Waals surface area contributed by atoms with Crippen LogP contribution in [-0.2, 0) is 38.1 Å². The number of benzene rings is 1. The molecule has 1 aliphatic rings. The van der Waals surface area contributed by atoms with Crippen LogP contribution in [0.3, 0.4) is 0 Å². The molecule has 1 N–H and O–H groups in total. The Balaban J connectivity index is 1.64. The first kappa shape index (κ1) is 33.1. The Morgan fingerprint density at radius 1 is 1.00 bits per heavy atom. The van der Waals surface area contributed by atoms with E-state index in [0.717, 1.165) is 23.3 Å². The predicted octanol–water partition coefficient (Wildman–Crippen LogP) is 6.31. The van der Waals surface area contributed by atoms with Crippen molar-refractivity contribution < 1.29 is 27.9 Å². The third kappa shape index (κ3) is 8.21. The number of hydrogen-bond acceptors (Lipinski definition) is 7. The molecule has 2 aromatic heterocycles. The van der Waals surface area contributed by atoms with Gasteiger partial charge in [-0.15, -0.1) is 0 Å². The molecule has 11 heteroatoms. The average Bonchev–Trinajstić information content (AvgIpc) is 2.95. The summed E-state index contributed by atoms with van der Waals surface area (Å²) in [6.07, 6.45) is 7.64. The number of carbonyl (C=O) groups excluding carboxylic acids is 1. The Kier molecular flexibility index (Phi) is 10.4. The van der Waals surface area contributed by atoms with E-state index < -0.39 is 34.2 Å². The minimum atomic E-state index is -4.05. The Morgan fingerprint density at radius 3 is 2.30 bits per heavy atom. The zero-order chi connectivity index (χ0) is 32.0. The van der Waals surface area contributed by atoms with Crippen molar-refractivity contribution in [3.8, 4) is 0 Å². The molecule has 4 rings (SSSR count). The van der Waals surface area contributed by atoms with E-state index in [-0.39, 0.29) is 29.3 Å². The zero-order valence-corrected chi connectivity index (χ0v) is 26.7. The molecule has 0 saturated heterocycles. The molecule has 0 radical (unpaired) electrons. The summed E-state index contributed by atoms with van der Waals surface area (Å²) in [7, 11) is -4.05. The summed E-state index contributed by atoms with van der Waals surface area (Å²) in [6, 6.07) is 17.7. The van der Waals surface area contributed by atoms with Crippen molar-refractivity contribution in [1.82, 2.24) is 14.3 Å². The van der Waals surface area contributed by atoms with E-state index in [1.807, 2.05) is 12.1 Å². The van der Waals surface area contributed by atoms with Gasteiger partial charge in [0, 0.05) is 12.7 Å². The fourth-order valence-corrected chi connectivity index (χ4v) is 6.73. The van der Waals surface area contributed by atoms with Crippen LogP contribution in [-0.4, -0.2) is 52.0 Å². The van der Waals surface area contributed by atoms with Gasteiger partial charge in [-0.3, -0.25) is 9.69 Å². The van der Waals surface area contributed by atoms with Crippen molar-refractivity contribution in [1.29, 1.82) is 0 Å². The first-order chi connectivity index (χ1) is 20.8. The minimum absolute atomic E-state index is 0.0385. The lowest BCUT2D eigenvalue weighted by atomic mass is 9.62. The van der Waals surface area contributed by atoms with Crippen molar-refractivity contribution in [2.24, 2.45) is 0 Å². The summed E-state index contributed by atoms with van der Waals surface area (Å²) in [5, 5.41) is 9.37. The van der Waals surface area contributed by atoms with E-state index in [1.54, 1.807) is 45.0 Å². The molecule has 1 amide bonds. The molecule has 0 atom stereocenters. The first-order valence-electron chi connectivity index (χ1n) is 15.0. The highest BCUT2D eigenvalue weighted by Gasteiger charge is 2.38. The maximum atomic E-state index is 13.8. The second-order valence-corrected chi connectivity index (χ2v) is 14.2. The van der Waals surface area contributed by atoms with Gasteiger partial charge in [-0.25, -0.2) is 23.2 Å². The Morgan fingerprint density at radius 2 is 1.73 bits per heavy atom. The molecule has 236 valence electrons.